The average molecular weight is 356 g/mol. The molecule has 26 heavy (non-hydrogen) atoms. The van der Waals surface area contributed by atoms with E-state index < -0.39 is 0 Å². The lowest BCUT2D eigenvalue weighted by molar-refractivity contribution is 0.0924. The minimum Gasteiger partial charge on any atom is -0.507 e. The zero-order chi connectivity index (χ0) is 18.5. The number of phenolic OH excluding ortho intramolecular Hbond substituents is 1. The summed E-state index contributed by atoms with van der Waals surface area (Å²) < 4.78 is 11.1. The number of aromatic hydroxyl groups is 1. The van der Waals surface area contributed by atoms with Crippen molar-refractivity contribution in [2.75, 3.05) is 38.4 Å². The normalized spacial score (nSPS) is 19.9. The number of benzene rings is 1. The summed E-state index contributed by atoms with van der Waals surface area (Å²) >= 11 is 0. The Kier molecular flexibility index (Phi) is 6.12. The van der Waals surface area contributed by atoms with Gasteiger partial charge in [0.2, 0.25) is 0 Å². The fourth-order valence-corrected chi connectivity index (χ4v) is 3.67. The third-order valence-corrected chi connectivity index (χ3v) is 5.10. The first-order chi connectivity index (χ1) is 12.7. The molecule has 1 aliphatic heterocycles. The molecule has 2 atom stereocenters. The van der Waals surface area contributed by atoms with E-state index in [2.05, 4.69) is 4.90 Å². The lowest BCUT2D eigenvalue weighted by atomic mass is 10.0. The predicted octanol–water partition coefficient (Wildman–Crippen LogP) is 3.64. The molecule has 0 spiro atoms. The molecule has 5 heteroatoms. The van der Waals surface area contributed by atoms with Crippen LogP contribution in [0.1, 0.15) is 18.9 Å². The number of nitrogens with zero attached hydrogens (tertiary/aromatic N) is 2. The lowest BCUT2D eigenvalue weighted by Crippen LogP contribution is -2.38. The highest BCUT2D eigenvalue weighted by Gasteiger charge is 2.35. The lowest BCUT2D eigenvalue weighted by Gasteiger charge is -2.29. The van der Waals surface area contributed by atoms with Crippen LogP contribution in [-0.4, -0.2) is 49.6 Å². The fourth-order valence-electron chi connectivity index (χ4n) is 3.67. The maximum Gasteiger partial charge on any atom is 0.129 e. The second-order valence-electron chi connectivity index (χ2n) is 6.78. The average Bonchev–Trinajstić information content (AvgIpc) is 3.05. The van der Waals surface area contributed by atoms with Crippen LogP contribution in [-0.2, 0) is 9.47 Å². The number of anilines is 1. The highest BCUT2D eigenvalue weighted by molar-refractivity contribution is 5.70. The van der Waals surface area contributed by atoms with Gasteiger partial charge in [-0.25, -0.2) is 4.98 Å². The van der Waals surface area contributed by atoms with E-state index in [9.17, 15) is 5.11 Å². The van der Waals surface area contributed by atoms with Crippen molar-refractivity contribution in [2.45, 2.75) is 26.3 Å². The van der Waals surface area contributed by atoms with E-state index >= 15 is 0 Å². The molecule has 1 fully saturated rings. The number of methoxy groups -OCH3 is 1. The summed E-state index contributed by atoms with van der Waals surface area (Å²) in [5.41, 5.74) is 2.40. The number of hydrogen-bond donors (Lipinski definition) is 1. The molecule has 1 saturated heterocycles. The van der Waals surface area contributed by atoms with E-state index in [0.717, 1.165) is 42.2 Å². The van der Waals surface area contributed by atoms with E-state index in [1.165, 1.54) is 0 Å². The molecule has 0 bridgehead atoms. The van der Waals surface area contributed by atoms with Crippen LogP contribution in [0.4, 0.5) is 5.82 Å². The van der Waals surface area contributed by atoms with E-state index in [-0.39, 0.29) is 6.04 Å². The standard InChI is InChI=1S/C21H28N2O3/c1-4-26-14-19-16(13-25-3)11-12-23(19)20-10-6-9-18(22-20)17-8-5-7-15(2)21(17)24/h5-10,16,19,24H,4,11-14H2,1-3H3/t16-,19+/m0/s1. The summed E-state index contributed by atoms with van der Waals surface area (Å²) in [5.74, 6) is 1.65. The summed E-state index contributed by atoms with van der Waals surface area (Å²) in [6.45, 7) is 6.95. The molecule has 0 amide bonds. The van der Waals surface area contributed by atoms with Crippen LogP contribution in [0.3, 0.4) is 0 Å². The number of pyridine rings is 1. The molecule has 0 saturated carbocycles. The Morgan fingerprint density at radius 2 is 2.00 bits per heavy atom. The van der Waals surface area contributed by atoms with Gasteiger partial charge in [-0.05, 0) is 44.0 Å². The highest BCUT2D eigenvalue weighted by atomic mass is 16.5. The van der Waals surface area contributed by atoms with Gasteiger partial charge >= 0.3 is 0 Å². The summed E-state index contributed by atoms with van der Waals surface area (Å²) in [6, 6.07) is 12.0. The molecule has 1 N–H and O–H groups in total. The zero-order valence-electron chi connectivity index (χ0n) is 15.8. The van der Waals surface area contributed by atoms with Gasteiger partial charge in [-0.2, -0.15) is 0 Å². The Labute approximate surface area is 155 Å². The SMILES string of the molecule is CCOC[C@@H]1[C@H](COC)CCN1c1cccc(-c2cccc(C)c2O)n1. The largest absolute Gasteiger partial charge is 0.507 e. The van der Waals surface area contributed by atoms with Crippen molar-refractivity contribution < 1.29 is 14.6 Å². The van der Waals surface area contributed by atoms with Gasteiger partial charge in [-0.15, -0.1) is 0 Å². The predicted molar refractivity (Wildman–Crippen MR) is 104 cm³/mol. The van der Waals surface area contributed by atoms with Crippen LogP contribution in [0.15, 0.2) is 36.4 Å². The second-order valence-corrected chi connectivity index (χ2v) is 6.78. The third kappa shape index (κ3) is 3.84. The first kappa shape index (κ1) is 18.7. The molecule has 0 radical (unpaired) electrons. The van der Waals surface area contributed by atoms with Crippen LogP contribution >= 0.6 is 0 Å². The van der Waals surface area contributed by atoms with E-state index in [1.807, 2.05) is 50.2 Å². The van der Waals surface area contributed by atoms with Gasteiger partial charge in [0.15, 0.2) is 0 Å². The van der Waals surface area contributed by atoms with Crippen molar-refractivity contribution in [3.8, 4) is 17.0 Å². The molecule has 0 aliphatic carbocycles. The number of ether oxygens (including phenoxy) is 2. The van der Waals surface area contributed by atoms with Crippen molar-refractivity contribution >= 4 is 5.82 Å². The monoisotopic (exact) mass is 356 g/mol. The van der Waals surface area contributed by atoms with Gasteiger partial charge in [0.25, 0.3) is 0 Å². The van der Waals surface area contributed by atoms with Gasteiger partial charge in [0.05, 0.1) is 24.9 Å². The summed E-state index contributed by atoms with van der Waals surface area (Å²) in [5, 5.41) is 10.4. The van der Waals surface area contributed by atoms with Gasteiger partial charge in [-0.1, -0.05) is 18.2 Å². The van der Waals surface area contributed by atoms with Crippen LogP contribution in [0.25, 0.3) is 11.3 Å². The summed E-state index contributed by atoms with van der Waals surface area (Å²) in [7, 11) is 1.75. The molecule has 3 rings (SSSR count). The smallest absolute Gasteiger partial charge is 0.129 e. The molecule has 5 nitrogen and oxygen atoms in total. The molecule has 1 aliphatic rings. The number of rotatable bonds is 7. The molecular formula is C21H28N2O3. The summed E-state index contributed by atoms with van der Waals surface area (Å²) in [6.07, 6.45) is 1.06. The first-order valence-electron chi connectivity index (χ1n) is 9.25. The van der Waals surface area contributed by atoms with E-state index in [4.69, 9.17) is 14.5 Å². The maximum absolute atomic E-state index is 10.4. The Bertz CT molecular complexity index is 735. The maximum atomic E-state index is 10.4. The van der Waals surface area contributed by atoms with Crippen LogP contribution < -0.4 is 4.90 Å². The van der Waals surface area contributed by atoms with Crippen molar-refractivity contribution in [2.24, 2.45) is 5.92 Å². The second kappa shape index (κ2) is 8.52. The van der Waals surface area contributed by atoms with E-state index in [1.54, 1.807) is 7.11 Å². The molecular weight excluding hydrogens is 328 g/mol. The Hall–Kier alpha value is -2.11. The zero-order valence-corrected chi connectivity index (χ0v) is 15.8. The number of hydrogen-bond acceptors (Lipinski definition) is 5. The van der Waals surface area contributed by atoms with Crippen LogP contribution in [0.2, 0.25) is 0 Å². The van der Waals surface area contributed by atoms with Gasteiger partial charge in [0, 0.05) is 31.7 Å². The molecule has 1 aromatic heterocycles. The number of para-hydroxylation sites is 1. The molecule has 0 unspecified atom stereocenters. The quantitative estimate of drug-likeness (QED) is 0.821. The van der Waals surface area contributed by atoms with Gasteiger partial charge in [-0.3, -0.25) is 0 Å². The van der Waals surface area contributed by atoms with Crippen molar-refractivity contribution in [3.63, 3.8) is 0 Å². The van der Waals surface area contributed by atoms with Crippen LogP contribution in [0.5, 0.6) is 5.75 Å². The van der Waals surface area contributed by atoms with E-state index in [0.29, 0.717) is 24.9 Å². The Morgan fingerprint density at radius 1 is 1.19 bits per heavy atom. The molecule has 1 aromatic carbocycles. The molecule has 2 heterocycles. The first-order valence-corrected chi connectivity index (χ1v) is 9.25. The Balaban J connectivity index is 1.90. The molecule has 2 aromatic rings. The van der Waals surface area contributed by atoms with Crippen molar-refractivity contribution in [1.82, 2.24) is 4.98 Å². The van der Waals surface area contributed by atoms with Crippen LogP contribution in [0, 0.1) is 12.8 Å². The van der Waals surface area contributed by atoms with Gasteiger partial charge in [0.1, 0.15) is 11.6 Å². The topological polar surface area (TPSA) is 54.8 Å². The third-order valence-electron chi connectivity index (χ3n) is 5.10. The fraction of sp³-hybridized carbons (Fsp3) is 0.476. The number of aryl methyl sites for hydroxylation is 1. The minimum atomic E-state index is 0.253. The van der Waals surface area contributed by atoms with Crippen molar-refractivity contribution in [1.29, 1.82) is 0 Å². The number of phenols is 1. The highest BCUT2D eigenvalue weighted by Crippen LogP contribution is 2.34. The number of aromatic nitrogens is 1. The van der Waals surface area contributed by atoms with Crippen molar-refractivity contribution in [3.05, 3.63) is 42.0 Å². The molecule has 140 valence electrons. The summed E-state index contributed by atoms with van der Waals surface area (Å²) in [4.78, 5) is 7.16. The van der Waals surface area contributed by atoms with Gasteiger partial charge < -0.3 is 19.5 Å². The Morgan fingerprint density at radius 3 is 2.77 bits per heavy atom. The minimum absolute atomic E-state index is 0.253.